The molecule has 1 atom stereocenters. The van der Waals surface area contributed by atoms with Crippen molar-refractivity contribution in [2.75, 3.05) is 13.6 Å². The van der Waals surface area contributed by atoms with E-state index < -0.39 is 10.0 Å². The van der Waals surface area contributed by atoms with Crippen LogP contribution in [0.4, 0.5) is 0 Å². The molecule has 0 fully saturated rings. The molecular formula is C15H24N2O3S. The molecule has 0 saturated heterocycles. The van der Waals surface area contributed by atoms with E-state index in [0.717, 1.165) is 0 Å². The minimum absolute atomic E-state index is 0.0359. The zero-order chi connectivity index (χ0) is 16.2. The maximum atomic E-state index is 12.5. The lowest BCUT2D eigenvalue weighted by Gasteiger charge is -2.21. The topological polar surface area (TPSA) is 80.5 Å². The average Bonchev–Trinajstić information content (AvgIpc) is 2.44. The molecule has 5 nitrogen and oxygen atoms in total. The van der Waals surface area contributed by atoms with Crippen LogP contribution in [0.2, 0.25) is 0 Å². The number of benzene rings is 1. The molecule has 118 valence electrons. The quantitative estimate of drug-likeness (QED) is 0.780. The summed E-state index contributed by atoms with van der Waals surface area (Å²) in [4.78, 5) is 11.5. The molecule has 0 aliphatic rings. The van der Waals surface area contributed by atoms with Crippen molar-refractivity contribution in [3.63, 3.8) is 0 Å². The van der Waals surface area contributed by atoms with Gasteiger partial charge in [0.1, 0.15) is 0 Å². The van der Waals surface area contributed by atoms with Gasteiger partial charge < -0.3 is 5.73 Å². The lowest BCUT2D eigenvalue weighted by atomic mass is 10.0. The Labute approximate surface area is 127 Å². The van der Waals surface area contributed by atoms with E-state index in [1.54, 1.807) is 12.1 Å². The number of nitrogens with two attached hydrogens (primary N) is 1. The van der Waals surface area contributed by atoms with Gasteiger partial charge in [-0.1, -0.05) is 26.0 Å². The number of hydrogen-bond acceptors (Lipinski definition) is 4. The fraction of sp³-hybridized carbons (Fsp3) is 0.533. The summed E-state index contributed by atoms with van der Waals surface area (Å²) in [6, 6.07) is 6.07. The van der Waals surface area contributed by atoms with Crippen LogP contribution in [0.25, 0.3) is 0 Å². The van der Waals surface area contributed by atoms with E-state index in [1.807, 2.05) is 13.8 Å². The fourth-order valence-corrected chi connectivity index (χ4v) is 3.07. The Morgan fingerprint density at radius 2 is 1.95 bits per heavy atom. The third-order valence-corrected chi connectivity index (χ3v) is 5.44. The SMILES string of the molecule is CC(=O)c1cccc(S(=O)(=O)N(C)CCC(N)C(C)C)c1. The number of rotatable bonds is 7. The van der Waals surface area contributed by atoms with Crippen LogP contribution in [0, 0.1) is 5.92 Å². The first-order chi connectivity index (χ1) is 9.66. The molecule has 6 heteroatoms. The monoisotopic (exact) mass is 312 g/mol. The fourth-order valence-electron chi connectivity index (χ4n) is 1.84. The molecule has 0 aliphatic carbocycles. The van der Waals surface area contributed by atoms with Crippen molar-refractivity contribution >= 4 is 15.8 Å². The highest BCUT2D eigenvalue weighted by Crippen LogP contribution is 2.17. The van der Waals surface area contributed by atoms with E-state index in [9.17, 15) is 13.2 Å². The van der Waals surface area contributed by atoms with Gasteiger partial charge in [-0.2, -0.15) is 0 Å². The molecule has 1 aromatic carbocycles. The van der Waals surface area contributed by atoms with E-state index in [4.69, 9.17) is 5.73 Å². The van der Waals surface area contributed by atoms with Crippen LogP contribution >= 0.6 is 0 Å². The van der Waals surface area contributed by atoms with Gasteiger partial charge >= 0.3 is 0 Å². The third kappa shape index (κ3) is 4.62. The molecule has 0 amide bonds. The largest absolute Gasteiger partial charge is 0.327 e. The molecule has 0 heterocycles. The summed E-state index contributed by atoms with van der Waals surface area (Å²) in [6.45, 7) is 5.79. The second-order valence-corrected chi connectivity index (χ2v) is 7.65. The van der Waals surface area contributed by atoms with Crippen LogP contribution in [0.5, 0.6) is 0 Å². The molecule has 0 radical (unpaired) electrons. The zero-order valence-electron chi connectivity index (χ0n) is 13.0. The number of sulfonamides is 1. The van der Waals surface area contributed by atoms with Gasteiger partial charge in [0.2, 0.25) is 10.0 Å². The third-order valence-electron chi connectivity index (χ3n) is 3.58. The van der Waals surface area contributed by atoms with Crippen LogP contribution in [0.1, 0.15) is 37.6 Å². The molecule has 0 aliphatic heterocycles. The van der Waals surface area contributed by atoms with Crippen molar-refractivity contribution < 1.29 is 13.2 Å². The van der Waals surface area contributed by atoms with Gasteiger partial charge in [0, 0.05) is 25.2 Å². The Morgan fingerprint density at radius 3 is 2.48 bits per heavy atom. The summed E-state index contributed by atoms with van der Waals surface area (Å²) < 4.78 is 26.2. The normalized spacial score (nSPS) is 13.7. The summed E-state index contributed by atoms with van der Waals surface area (Å²) in [5.74, 6) is 0.152. The van der Waals surface area contributed by atoms with Gasteiger partial charge in [-0.05, 0) is 31.4 Å². The summed E-state index contributed by atoms with van der Waals surface area (Å²) >= 11 is 0. The van der Waals surface area contributed by atoms with E-state index in [-0.39, 0.29) is 16.7 Å². The molecule has 0 saturated carbocycles. The predicted octanol–water partition coefficient (Wildman–Crippen LogP) is 1.88. The number of ketones is 1. The van der Waals surface area contributed by atoms with E-state index >= 15 is 0 Å². The number of carbonyl (C=O) groups excluding carboxylic acids is 1. The number of Topliss-reactive ketones (excluding diaryl/α,β-unsaturated/α-hetero) is 1. The number of carbonyl (C=O) groups is 1. The van der Waals surface area contributed by atoms with Gasteiger partial charge in [-0.25, -0.2) is 12.7 Å². The zero-order valence-corrected chi connectivity index (χ0v) is 13.9. The van der Waals surface area contributed by atoms with Gasteiger partial charge in [-0.15, -0.1) is 0 Å². The standard InChI is InChI=1S/C15H24N2O3S/c1-11(2)15(16)8-9-17(4)21(19,20)14-7-5-6-13(10-14)12(3)18/h5-7,10-11,15H,8-9,16H2,1-4H3. The Hall–Kier alpha value is -1.24. The highest BCUT2D eigenvalue weighted by molar-refractivity contribution is 7.89. The Morgan fingerprint density at radius 1 is 1.33 bits per heavy atom. The minimum Gasteiger partial charge on any atom is -0.327 e. The first-order valence-corrected chi connectivity index (χ1v) is 8.43. The second-order valence-electron chi connectivity index (χ2n) is 5.61. The Balaban J connectivity index is 2.90. The van der Waals surface area contributed by atoms with Crippen LogP contribution in [0.15, 0.2) is 29.2 Å². The van der Waals surface area contributed by atoms with Crippen molar-refractivity contribution in [2.45, 2.75) is 38.1 Å². The molecule has 21 heavy (non-hydrogen) atoms. The molecule has 0 aromatic heterocycles. The van der Waals surface area contributed by atoms with Crippen molar-refractivity contribution in [1.82, 2.24) is 4.31 Å². The summed E-state index contributed by atoms with van der Waals surface area (Å²) in [7, 11) is -2.06. The summed E-state index contributed by atoms with van der Waals surface area (Å²) in [6.07, 6.45) is 0.597. The highest BCUT2D eigenvalue weighted by atomic mass is 32.2. The van der Waals surface area contributed by atoms with Crippen molar-refractivity contribution in [1.29, 1.82) is 0 Å². The first kappa shape index (κ1) is 17.8. The van der Waals surface area contributed by atoms with Gasteiger partial charge in [0.05, 0.1) is 4.90 Å². The number of nitrogens with zero attached hydrogens (tertiary/aromatic N) is 1. The van der Waals surface area contributed by atoms with Crippen LogP contribution in [-0.2, 0) is 10.0 Å². The van der Waals surface area contributed by atoms with E-state index in [1.165, 1.54) is 30.4 Å². The van der Waals surface area contributed by atoms with Crippen LogP contribution < -0.4 is 5.73 Å². The maximum Gasteiger partial charge on any atom is 0.242 e. The molecule has 1 rings (SSSR count). The lowest BCUT2D eigenvalue weighted by Crippen LogP contribution is -2.34. The van der Waals surface area contributed by atoms with Gasteiger partial charge in [0.25, 0.3) is 0 Å². The first-order valence-electron chi connectivity index (χ1n) is 6.99. The smallest absolute Gasteiger partial charge is 0.242 e. The molecule has 2 N–H and O–H groups in total. The maximum absolute atomic E-state index is 12.5. The molecule has 0 bridgehead atoms. The van der Waals surface area contributed by atoms with E-state index in [0.29, 0.717) is 24.4 Å². The van der Waals surface area contributed by atoms with Crippen LogP contribution in [0.3, 0.4) is 0 Å². The van der Waals surface area contributed by atoms with Gasteiger partial charge in [-0.3, -0.25) is 4.79 Å². The molecule has 1 aromatic rings. The molecule has 0 spiro atoms. The number of hydrogen-bond donors (Lipinski definition) is 1. The van der Waals surface area contributed by atoms with Crippen molar-refractivity contribution in [3.8, 4) is 0 Å². The van der Waals surface area contributed by atoms with Crippen molar-refractivity contribution in [3.05, 3.63) is 29.8 Å². The molecular weight excluding hydrogens is 288 g/mol. The average molecular weight is 312 g/mol. The highest BCUT2D eigenvalue weighted by Gasteiger charge is 2.22. The van der Waals surface area contributed by atoms with E-state index in [2.05, 4.69) is 0 Å². The van der Waals surface area contributed by atoms with Crippen molar-refractivity contribution in [2.24, 2.45) is 11.7 Å². The van der Waals surface area contributed by atoms with Crippen LogP contribution in [-0.4, -0.2) is 38.1 Å². The predicted molar refractivity (Wildman–Crippen MR) is 83.7 cm³/mol. The Bertz CT molecular complexity index is 597. The second kappa shape index (κ2) is 7.15. The minimum atomic E-state index is -3.59. The summed E-state index contributed by atoms with van der Waals surface area (Å²) in [5, 5.41) is 0. The summed E-state index contributed by atoms with van der Waals surface area (Å²) in [5.41, 5.74) is 6.34. The molecule has 1 unspecified atom stereocenters. The lowest BCUT2D eigenvalue weighted by molar-refractivity contribution is 0.101. The Kier molecular flexibility index (Phi) is 6.07. The van der Waals surface area contributed by atoms with Gasteiger partial charge in [0.15, 0.2) is 5.78 Å².